The number of nitrogens with one attached hydrogen (secondary N) is 1. The van der Waals surface area contributed by atoms with Crippen LogP contribution in [0.3, 0.4) is 0 Å². The zero-order valence-electron chi connectivity index (χ0n) is 15.5. The largest absolute Gasteiger partial charge is 0.452 e. The molecule has 0 saturated carbocycles. The molecule has 1 N–H and O–H groups in total. The lowest BCUT2D eigenvalue weighted by atomic mass is 10.0. The van der Waals surface area contributed by atoms with Gasteiger partial charge in [-0.2, -0.15) is 0 Å². The topological polar surface area (TPSA) is 64.6 Å². The lowest BCUT2D eigenvalue weighted by Gasteiger charge is -2.14. The number of methoxy groups -OCH3 is 1. The molecule has 0 aliphatic carbocycles. The van der Waals surface area contributed by atoms with Crippen LogP contribution in [-0.4, -0.2) is 25.6 Å². The van der Waals surface area contributed by atoms with E-state index < -0.39 is 5.97 Å². The highest BCUT2D eigenvalue weighted by atomic mass is 16.5. The molecule has 2 rings (SSSR count). The molecule has 5 heteroatoms. The normalized spacial score (nSPS) is 10.4. The summed E-state index contributed by atoms with van der Waals surface area (Å²) in [7, 11) is 1.61. The van der Waals surface area contributed by atoms with E-state index in [4.69, 9.17) is 9.47 Å². The number of anilines is 1. The summed E-state index contributed by atoms with van der Waals surface area (Å²) in [5.41, 5.74) is 4.32. The summed E-state index contributed by atoms with van der Waals surface area (Å²) < 4.78 is 10.2. The van der Waals surface area contributed by atoms with Gasteiger partial charge >= 0.3 is 5.97 Å². The van der Waals surface area contributed by atoms with Crippen molar-refractivity contribution in [1.82, 2.24) is 0 Å². The summed E-state index contributed by atoms with van der Waals surface area (Å²) >= 11 is 0. The van der Waals surface area contributed by atoms with Gasteiger partial charge in [0, 0.05) is 12.8 Å². The van der Waals surface area contributed by atoms with Crippen LogP contribution in [0.25, 0.3) is 0 Å². The van der Waals surface area contributed by atoms with Crippen molar-refractivity contribution in [2.75, 3.05) is 19.0 Å². The number of ether oxygens (including phenoxy) is 2. The van der Waals surface area contributed by atoms with Gasteiger partial charge in [0.2, 0.25) is 0 Å². The Labute approximate surface area is 154 Å². The molecular weight excluding hydrogens is 330 g/mol. The van der Waals surface area contributed by atoms with Crippen molar-refractivity contribution in [1.29, 1.82) is 0 Å². The maximum atomic E-state index is 12.2. The first-order valence-corrected chi connectivity index (χ1v) is 8.74. The van der Waals surface area contributed by atoms with E-state index in [9.17, 15) is 9.59 Å². The van der Waals surface area contributed by atoms with Crippen LogP contribution in [0.5, 0.6) is 0 Å². The third-order valence-corrected chi connectivity index (χ3v) is 4.10. The molecule has 0 spiro atoms. The summed E-state index contributed by atoms with van der Waals surface area (Å²) in [4.78, 5) is 24.3. The monoisotopic (exact) mass is 355 g/mol. The van der Waals surface area contributed by atoms with Gasteiger partial charge in [-0.05, 0) is 41.7 Å². The molecule has 0 radical (unpaired) electrons. The van der Waals surface area contributed by atoms with Gasteiger partial charge in [0.05, 0.1) is 12.2 Å². The second kappa shape index (κ2) is 9.73. The Bertz CT molecular complexity index is 731. The Balaban J connectivity index is 1.95. The van der Waals surface area contributed by atoms with Crippen molar-refractivity contribution in [3.63, 3.8) is 0 Å². The van der Waals surface area contributed by atoms with Crippen molar-refractivity contribution < 1.29 is 19.1 Å². The number of benzene rings is 2. The van der Waals surface area contributed by atoms with Gasteiger partial charge in [-0.3, -0.25) is 4.79 Å². The zero-order chi connectivity index (χ0) is 18.9. The van der Waals surface area contributed by atoms with E-state index in [-0.39, 0.29) is 12.5 Å². The van der Waals surface area contributed by atoms with Crippen LogP contribution in [0.1, 0.15) is 40.9 Å². The molecule has 26 heavy (non-hydrogen) atoms. The summed E-state index contributed by atoms with van der Waals surface area (Å²) in [6, 6.07) is 12.9. The summed E-state index contributed by atoms with van der Waals surface area (Å²) in [5.74, 6) is -0.867. The van der Waals surface area contributed by atoms with Gasteiger partial charge < -0.3 is 14.8 Å². The first-order chi connectivity index (χ1) is 12.6. The average Bonchev–Trinajstić information content (AvgIpc) is 2.67. The first-order valence-electron chi connectivity index (χ1n) is 8.74. The van der Waals surface area contributed by atoms with Crippen molar-refractivity contribution in [3.05, 3.63) is 64.7 Å². The predicted molar refractivity (Wildman–Crippen MR) is 101 cm³/mol. The second-order valence-corrected chi connectivity index (χ2v) is 5.91. The maximum absolute atomic E-state index is 12.2. The quantitative estimate of drug-likeness (QED) is 0.733. The SMILES string of the molecule is CCc1cccc(CC)c1NC(=O)COC(=O)c1ccc(COC)cc1. The summed E-state index contributed by atoms with van der Waals surface area (Å²) in [6.07, 6.45) is 1.63. The zero-order valence-corrected chi connectivity index (χ0v) is 15.5. The van der Waals surface area contributed by atoms with Gasteiger partial charge in [0.25, 0.3) is 5.91 Å². The molecule has 0 saturated heterocycles. The van der Waals surface area contributed by atoms with E-state index in [0.29, 0.717) is 12.2 Å². The van der Waals surface area contributed by atoms with E-state index in [0.717, 1.165) is 35.2 Å². The van der Waals surface area contributed by atoms with E-state index in [1.54, 1.807) is 31.4 Å². The molecule has 5 nitrogen and oxygen atoms in total. The Hall–Kier alpha value is -2.66. The molecule has 0 heterocycles. The molecule has 0 aromatic heterocycles. The number of aryl methyl sites for hydroxylation is 2. The van der Waals surface area contributed by atoms with Crippen molar-refractivity contribution in [2.24, 2.45) is 0 Å². The third-order valence-electron chi connectivity index (χ3n) is 4.10. The number of para-hydroxylation sites is 1. The lowest BCUT2D eigenvalue weighted by molar-refractivity contribution is -0.119. The first kappa shape index (κ1) is 19.7. The van der Waals surface area contributed by atoms with Crippen LogP contribution in [0, 0.1) is 0 Å². The molecule has 0 bridgehead atoms. The highest BCUT2D eigenvalue weighted by Gasteiger charge is 2.13. The number of carbonyl (C=O) groups is 2. The molecule has 0 aliphatic heterocycles. The minimum atomic E-state index is -0.524. The van der Waals surface area contributed by atoms with E-state index >= 15 is 0 Å². The maximum Gasteiger partial charge on any atom is 0.338 e. The molecule has 2 aromatic rings. The fourth-order valence-electron chi connectivity index (χ4n) is 2.70. The standard InChI is InChI=1S/C21H25NO4/c1-4-16-7-6-8-17(5-2)20(16)22-19(23)14-26-21(24)18-11-9-15(10-12-18)13-25-3/h6-12H,4-5,13-14H2,1-3H3,(H,22,23). The molecule has 138 valence electrons. The highest BCUT2D eigenvalue weighted by Crippen LogP contribution is 2.22. The van der Waals surface area contributed by atoms with Crippen LogP contribution in [0.15, 0.2) is 42.5 Å². The van der Waals surface area contributed by atoms with Crippen LogP contribution in [0.4, 0.5) is 5.69 Å². The van der Waals surface area contributed by atoms with Crippen LogP contribution in [0.2, 0.25) is 0 Å². The highest BCUT2D eigenvalue weighted by molar-refractivity contribution is 5.96. The van der Waals surface area contributed by atoms with Crippen molar-refractivity contribution >= 4 is 17.6 Å². The number of hydrogen-bond donors (Lipinski definition) is 1. The van der Waals surface area contributed by atoms with E-state index in [2.05, 4.69) is 5.32 Å². The second-order valence-electron chi connectivity index (χ2n) is 5.91. The number of esters is 1. The molecule has 0 unspecified atom stereocenters. The van der Waals surface area contributed by atoms with Crippen molar-refractivity contribution in [2.45, 2.75) is 33.3 Å². The predicted octanol–water partition coefficient (Wildman–Crippen LogP) is 3.75. The van der Waals surface area contributed by atoms with Crippen molar-refractivity contribution in [3.8, 4) is 0 Å². The Morgan fingerprint density at radius 1 is 0.962 bits per heavy atom. The Morgan fingerprint density at radius 3 is 2.12 bits per heavy atom. The molecule has 0 atom stereocenters. The minimum Gasteiger partial charge on any atom is -0.452 e. The third kappa shape index (κ3) is 5.17. The molecular formula is C21H25NO4. The minimum absolute atomic E-state index is 0.320. The number of carbonyl (C=O) groups excluding carboxylic acids is 2. The van der Waals surface area contributed by atoms with Gasteiger partial charge in [-0.15, -0.1) is 0 Å². The Kier molecular flexibility index (Phi) is 7.36. The fourth-order valence-corrected chi connectivity index (χ4v) is 2.70. The van der Waals surface area contributed by atoms with E-state index in [1.165, 1.54) is 0 Å². The number of hydrogen-bond acceptors (Lipinski definition) is 4. The van der Waals surface area contributed by atoms with Gasteiger partial charge in [0.15, 0.2) is 6.61 Å². The van der Waals surface area contributed by atoms with Crippen LogP contribution < -0.4 is 5.32 Å². The molecule has 2 aromatic carbocycles. The lowest BCUT2D eigenvalue weighted by Crippen LogP contribution is -2.22. The summed E-state index contributed by atoms with van der Waals surface area (Å²) in [5, 5.41) is 2.88. The molecule has 1 amide bonds. The van der Waals surface area contributed by atoms with E-state index in [1.807, 2.05) is 32.0 Å². The number of amides is 1. The fraction of sp³-hybridized carbons (Fsp3) is 0.333. The number of rotatable bonds is 8. The molecule has 0 aliphatic rings. The van der Waals surface area contributed by atoms with Gasteiger partial charge in [-0.25, -0.2) is 4.79 Å². The van der Waals surface area contributed by atoms with Gasteiger partial charge in [-0.1, -0.05) is 44.2 Å². The summed E-state index contributed by atoms with van der Waals surface area (Å²) in [6.45, 7) is 4.24. The smallest absolute Gasteiger partial charge is 0.338 e. The van der Waals surface area contributed by atoms with Crippen LogP contribution in [-0.2, 0) is 33.7 Å². The molecule has 0 fully saturated rings. The van der Waals surface area contributed by atoms with Crippen LogP contribution >= 0.6 is 0 Å². The van der Waals surface area contributed by atoms with Gasteiger partial charge in [0.1, 0.15) is 0 Å². The Morgan fingerprint density at radius 2 is 1.58 bits per heavy atom. The average molecular weight is 355 g/mol.